The van der Waals surface area contributed by atoms with Crippen molar-refractivity contribution in [1.82, 2.24) is 14.8 Å². The number of anilines is 1. The monoisotopic (exact) mass is 300 g/mol. The number of carbonyl (C=O) groups is 1. The topological polar surface area (TPSA) is 59.8 Å². The third kappa shape index (κ3) is 3.11. The summed E-state index contributed by atoms with van der Waals surface area (Å²) in [6, 6.07) is 3.23. The van der Waals surface area contributed by atoms with E-state index in [1.54, 1.807) is 12.1 Å². The molecule has 2 aromatic heterocycles. The van der Waals surface area contributed by atoms with Gasteiger partial charge in [0.1, 0.15) is 12.2 Å². The van der Waals surface area contributed by atoms with Crippen LogP contribution in [0, 0.1) is 6.92 Å². The molecule has 0 radical (unpaired) electrons. The zero-order valence-corrected chi connectivity index (χ0v) is 11.2. The van der Waals surface area contributed by atoms with Gasteiger partial charge in [0.2, 0.25) is 5.91 Å². The summed E-state index contributed by atoms with van der Waals surface area (Å²) in [4.78, 5) is 15.6. The van der Waals surface area contributed by atoms with Gasteiger partial charge in [0.25, 0.3) is 6.43 Å². The van der Waals surface area contributed by atoms with Crippen LogP contribution in [0.2, 0.25) is 5.02 Å². The largest absolute Gasteiger partial charge is 0.324 e. The highest BCUT2D eigenvalue weighted by molar-refractivity contribution is 6.31. The van der Waals surface area contributed by atoms with Crippen LogP contribution in [0.1, 0.15) is 17.8 Å². The number of halogens is 3. The Kier molecular flexibility index (Phi) is 4.29. The molecule has 0 atom stereocenters. The molecule has 0 saturated heterocycles. The van der Waals surface area contributed by atoms with Crippen LogP contribution in [0.15, 0.2) is 24.5 Å². The second-order valence-corrected chi connectivity index (χ2v) is 4.41. The summed E-state index contributed by atoms with van der Waals surface area (Å²) in [5, 5.41) is 6.14. The van der Waals surface area contributed by atoms with Gasteiger partial charge in [-0.15, -0.1) is 0 Å². The number of nitrogens with one attached hydrogen (secondary N) is 1. The molecule has 20 heavy (non-hydrogen) atoms. The Morgan fingerprint density at radius 3 is 2.65 bits per heavy atom. The van der Waals surface area contributed by atoms with Gasteiger partial charge in [0.15, 0.2) is 0 Å². The molecule has 8 heteroatoms. The molecular weight excluding hydrogens is 290 g/mol. The lowest BCUT2D eigenvalue weighted by Gasteiger charge is -2.06. The van der Waals surface area contributed by atoms with E-state index >= 15 is 0 Å². The van der Waals surface area contributed by atoms with Crippen LogP contribution in [0.3, 0.4) is 0 Å². The maximum atomic E-state index is 12.6. The quantitative estimate of drug-likeness (QED) is 0.944. The number of carbonyl (C=O) groups excluding carboxylic acids is 1. The van der Waals surface area contributed by atoms with E-state index in [9.17, 15) is 13.6 Å². The Labute approximate surface area is 118 Å². The van der Waals surface area contributed by atoms with Crippen molar-refractivity contribution in [1.29, 1.82) is 0 Å². The van der Waals surface area contributed by atoms with Gasteiger partial charge in [0, 0.05) is 18.1 Å². The molecule has 0 unspecified atom stereocenters. The SMILES string of the molecule is Cc1c(Cl)c(C(F)F)nn1CC(=O)Nc1ccncc1. The second-order valence-electron chi connectivity index (χ2n) is 4.03. The predicted molar refractivity (Wildman–Crippen MR) is 69.8 cm³/mol. The number of pyridine rings is 1. The van der Waals surface area contributed by atoms with Gasteiger partial charge in [0.05, 0.1) is 10.7 Å². The van der Waals surface area contributed by atoms with Crippen molar-refractivity contribution in [2.45, 2.75) is 19.9 Å². The standard InChI is InChI=1S/C12H11ClF2N4O/c1-7-10(13)11(12(14)15)18-19(7)6-9(20)17-8-2-4-16-5-3-8/h2-5,12H,6H2,1H3,(H,16,17,20). The Balaban J connectivity index is 2.10. The first-order valence-electron chi connectivity index (χ1n) is 5.70. The van der Waals surface area contributed by atoms with Crippen LogP contribution in [0.4, 0.5) is 14.5 Å². The van der Waals surface area contributed by atoms with Gasteiger partial charge in [-0.3, -0.25) is 14.5 Å². The molecule has 1 N–H and O–H groups in total. The van der Waals surface area contributed by atoms with Crippen LogP contribution in [0.25, 0.3) is 0 Å². The second kappa shape index (κ2) is 5.96. The van der Waals surface area contributed by atoms with E-state index in [2.05, 4.69) is 15.4 Å². The van der Waals surface area contributed by atoms with E-state index < -0.39 is 12.1 Å². The number of nitrogens with zero attached hydrogens (tertiary/aromatic N) is 3. The minimum atomic E-state index is -2.77. The molecular formula is C12H11ClF2N4O. The zero-order valence-electron chi connectivity index (χ0n) is 10.5. The van der Waals surface area contributed by atoms with E-state index in [0.717, 1.165) is 4.68 Å². The molecule has 2 aromatic rings. The van der Waals surface area contributed by atoms with Crippen LogP contribution in [-0.4, -0.2) is 20.7 Å². The maximum absolute atomic E-state index is 12.6. The summed E-state index contributed by atoms with van der Waals surface area (Å²) in [5.74, 6) is -0.390. The lowest BCUT2D eigenvalue weighted by molar-refractivity contribution is -0.117. The van der Waals surface area contributed by atoms with Gasteiger partial charge < -0.3 is 5.32 Å². The number of hydrogen-bond acceptors (Lipinski definition) is 3. The van der Waals surface area contributed by atoms with Crippen molar-refractivity contribution >= 4 is 23.2 Å². The lowest BCUT2D eigenvalue weighted by Crippen LogP contribution is -2.20. The Hall–Kier alpha value is -2.02. The van der Waals surface area contributed by atoms with E-state index in [4.69, 9.17) is 11.6 Å². The zero-order chi connectivity index (χ0) is 14.7. The molecule has 0 aliphatic heterocycles. The van der Waals surface area contributed by atoms with Crippen LogP contribution >= 0.6 is 11.6 Å². The first-order valence-corrected chi connectivity index (χ1v) is 6.07. The summed E-state index contributed by atoms with van der Waals surface area (Å²) < 4.78 is 26.4. The molecule has 0 saturated carbocycles. The fourth-order valence-corrected chi connectivity index (χ4v) is 1.83. The third-order valence-corrected chi connectivity index (χ3v) is 3.09. The molecule has 0 fully saturated rings. The summed E-state index contributed by atoms with van der Waals surface area (Å²) in [7, 11) is 0. The molecule has 1 amide bonds. The highest BCUT2D eigenvalue weighted by Gasteiger charge is 2.21. The van der Waals surface area contributed by atoms with E-state index in [1.807, 2.05) is 0 Å². The van der Waals surface area contributed by atoms with Crippen molar-refractivity contribution in [3.8, 4) is 0 Å². The minimum Gasteiger partial charge on any atom is -0.324 e. The van der Waals surface area contributed by atoms with Gasteiger partial charge in [-0.2, -0.15) is 5.10 Å². The average molecular weight is 301 g/mol. The van der Waals surface area contributed by atoms with Crippen molar-refractivity contribution in [3.05, 3.63) is 40.9 Å². The lowest BCUT2D eigenvalue weighted by atomic mass is 10.3. The molecule has 0 spiro atoms. The number of amides is 1. The van der Waals surface area contributed by atoms with Gasteiger partial charge in [-0.05, 0) is 19.1 Å². The first kappa shape index (κ1) is 14.4. The van der Waals surface area contributed by atoms with Crippen molar-refractivity contribution < 1.29 is 13.6 Å². The van der Waals surface area contributed by atoms with Gasteiger partial charge >= 0.3 is 0 Å². The van der Waals surface area contributed by atoms with Crippen molar-refractivity contribution in [2.75, 3.05) is 5.32 Å². The van der Waals surface area contributed by atoms with Crippen molar-refractivity contribution in [2.24, 2.45) is 0 Å². The third-order valence-electron chi connectivity index (χ3n) is 2.62. The maximum Gasteiger partial charge on any atom is 0.283 e. The molecule has 0 aliphatic carbocycles. The summed E-state index contributed by atoms with van der Waals surface area (Å²) in [6.07, 6.45) is 0.284. The van der Waals surface area contributed by atoms with E-state index in [0.29, 0.717) is 11.4 Å². The highest BCUT2D eigenvalue weighted by Crippen LogP contribution is 2.28. The summed E-state index contributed by atoms with van der Waals surface area (Å²) >= 11 is 5.75. The highest BCUT2D eigenvalue weighted by atomic mass is 35.5. The summed E-state index contributed by atoms with van der Waals surface area (Å²) in [5.41, 5.74) is 0.378. The van der Waals surface area contributed by atoms with Crippen LogP contribution < -0.4 is 5.32 Å². The van der Waals surface area contributed by atoms with Crippen molar-refractivity contribution in [3.63, 3.8) is 0 Å². The van der Waals surface area contributed by atoms with Crippen LogP contribution in [0.5, 0.6) is 0 Å². The van der Waals surface area contributed by atoms with E-state index in [1.165, 1.54) is 19.3 Å². The average Bonchev–Trinajstić information content (AvgIpc) is 2.68. The molecule has 2 rings (SSSR count). The molecule has 0 aliphatic rings. The number of hydrogen-bond donors (Lipinski definition) is 1. The predicted octanol–water partition coefficient (Wildman–Crippen LogP) is 2.82. The Morgan fingerprint density at radius 1 is 1.45 bits per heavy atom. The molecule has 2 heterocycles. The molecule has 0 bridgehead atoms. The Morgan fingerprint density at radius 2 is 2.10 bits per heavy atom. The fourth-order valence-electron chi connectivity index (χ4n) is 1.61. The molecule has 106 valence electrons. The summed E-state index contributed by atoms with van der Waals surface area (Å²) in [6.45, 7) is 1.33. The van der Waals surface area contributed by atoms with Gasteiger partial charge in [-0.25, -0.2) is 8.78 Å². The number of rotatable bonds is 4. The fraction of sp³-hybridized carbons (Fsp3) is 0.250. The molecule has 5 nitrogen and oxygen atoms in total. The van der Waals surface area contributed by atoms with Crippen LogP contribution in [-0.2, 0) is 11.3 Å². The van der Waals surface area contributed by atoms with Gasteiger partial charge in [-0.1, -0.05) is 11.6 Å². The Bertz CT molecular complexity index is 615. The molecule has 0 aromatic carbocycles. The minimum absolute atomic E-state index is 0.114. The number of aromatic nitrogens is 3. The van der Waals surface area contributed by atoms with E-state index in [-0.39, 0.29) is 17.5 Å². The normalized spacial score (nSPS) is 10.8. The number of alkyl halides is 2. The first-order chi connectivity index (χ1) is 9.49. The smallest absolute Gasteiger partial charge is 0.283 e.